The van der Waals surface area contributed by atoms with Gasteiger partial charge in [-0.3, -0.25) is 9.59 Å². The number of rotatable bonds is 15. The van der Waals surface area contributed by atoms with Crippen molar-refractivity contribution >= 4 is 36.5 Å². The molecular formula is C61H81NO21. The van der Waals surface area contributed by atoms with Gasteiger partial charge in [0.1, 0.15) is 37.6 Å². The van der Waals surface area contributed by atoms with E-state index in [-0.39, 0.29) is 45.5 Å². The second kappa shape index (κ2) is 27.9. The van der Waals surface area contributed by atoms with Gasteiger partial charge in [-0.25, -0.2) is 19.2 Å². The smallest absolute Gasteiger partial charge is 0.462 e. The minimum Gasteiger partial charge on any atom is -0.462 e. The fourth-order valence-corrected chi connectivity index (χ4v) is 11.6. The molecule has 4 aliphatic heterocycles. The quantitative estimate of drug-likeness (QED) is 0.110. The highest BCUT2D eigenvalue weighted by Crippen LogP contribution is 2.43. The lowest BCUT2D eigenvalue weighted by Gasteiger charge is -2.49. The van der Waals surface area contributed by atoms with Crippen LogP contribution in [0.25, 0.3) is 0 Å². The SMILES string of the molecule is CC[C@H]1OC(=O)[C@H](C)[C@@H](O[C@H]2C[C@@](C)(OC)[C@@H](OC(=O)OCc3ccccc3)[C@H](C)O2)[C@H](C)[C@@H](O[C@@H]2O[C@H](C)C[C@H](N(C)C(=O)OCc3ccccc3)[C@H]2OC(=O)OCc2ccccc2)[C@](C)(O)C[C@H](C)OC(=O)[C@@H](C)[C@H]2OC(=O)O[C@@]21C. The van der Waals surface area contributed by atoms with Crippen LogP contribution in [0.5, 0.6) is 0 Å². The molecule has 4 saturated heterocycles. The molecule has 3 aromatic carbocycles. The molecule has 0 aromatic heterocycles. The summed E-state index contributed by atoms with van der Waals surface area (Å²) in [6.45, 7) is 15.7. The number of amides is 1. The van der Waals surface area contributed by atoms with Crippen LogP contribution >= 0.6 is 0 Å². The molecule has 0 bridgehead atoms. The summed E-state index contributed by atoms with van der Waals surface area (Å²) in [5.41, 5.74) is -2.93. The molecule has 22 heteroatoms. The first-order valence-corrected chi connectivity index (χ1v) is 28.2. The van der Waals surface area contributed by atoms with Crippen molar-refractivity contribution in [2.45, 2.75) is 205 Å². The fraction of sp³-hybridized carbons (Fsp3) is 0.607. The van der Waals surface area contributed by atoms with E-state index in [1.54, 1.807) is 97.0 Å². The second-order valence-electron chi connectivity index (χ2n) is 22.7. The molecule has 0 radical (unpaired) electrons. The minimum atomic E-state index is -2.07. The van der Waals surface area contributed by atoms with Gasteiger partial charge < -0.3 is 76.3 Å². The maximum Gasteiger partial charge on any atom is 0.509 e. The van der Waals surface area contributed by atoms with Gasteiger partial charge in [0.2, 0.25) is 0 Å². The van der Waals surface area contributed by atoms with Crippen molar-refractivity contribution in [1.29, 1.82) is 0 Å². The molecule has 0 spiro atoms. The predicted molar refractivity (Wildman–Crippen MR) is 292 cm³/mol. The van der Waals surface area contributed by atoms with E-state index in [0.717, 1.165) is 11.1 Å². The molecule has 0 saturated carbocycles. The van der Waals surface area contributed by atoms with Crippen molar-refractivity contribution in [2.24, 2.45) is 17.8 Å². The Balaban J connectivity index is 1.27. The summed E-state index contributed by atoms with van der Waals surface area (Å²) in [6, 6.07) is 26.0. The maximum atomic E-state index is 15.0. The summed E-state index contributed by atoms with van der Waals surface area (Å²) < 4.78 is 85.6. The molecule has 7 rings (SSSR count). The molecule has 0 aliphatic carbocycles. The first kappa shape index (κ1) is 64.0. The van der Waals surface area contributed by atoms with Gasteiger partial charge in [0.15, 0.2) is 36.5 Å². The van der Waals surface area contributed by atoms with Crippen molar-refractivity contribution < 1.29 is 100 Å². The van der Waals surface area contributed by atoms with Crippen molar-refractivity contribution in [2.75, 3.05) is 14.2 Å². The number of fused-ring (bicyclic) bond motifs is 1. The molecule has 456 valence electrons. The topological polar surface area (TPSA) is 255 Å². The summed E-state index contributed by atoms with van der Waals surface area (Å²) in [6.07, 6.45) is -17.5. The van der Waals surface area contributed by atoms with Crippen LogP contribution < -0.4 is 0 Å². The summed E-state index contributed by atoms with van der Waals surface area (Å²) in [5, 5.41) is 13.1. The average molecular weight is 1160 g/mol. The van der Waals surface area contributed by atoms with Crippen LogP contribution in [0.15, 0.2) is 91.0 Å². The van der Waals surface area contributed by atoms with E-state index in [4.69, 9.17) is 66.3 Å². The van der Waals surface area contributed by atoms with Gasteiger partial charge >= 0.3 is 36.5 Å². The Bertz CT molecular complexity index is 2640. The number of ether oxygens (including phenoxy) is 14. The molecule has 22 nitrogen and oxygen atoms in total. The number of aliphatic hydroxyl groups is 1. The normalized spacial score (nSPS) is 35.0. The lowest BCUT2D eigenvalue weighted by Crippen LogP contribution is -2.62. The zero-order valence-electron chi connectivity index (χ0n) is 49.3. The van der Waals surface area contributed by atoms with Gasteiger partial charge in [0.25, 0.3) is 0 Å². The van der Waals surface area contributed by atoms with Crippen molar-refractivity contribution in [3.63, 3.8) is 0 Å². The number of nitrogens with zero attached hydrogens (tertiary/aromatic N) is 1. The molecule has 3 aromatic rings. The van der Waals surface area contributed by atoms with Crippen LogP contribution in [0.2, 0.25) is 0 Å². The van der Waals surface area contributed by atoms with Crippen molar-refractivity contribution in [3.05, 3.63) is 108 Å². The van der Waals surface area contributed by atoms with E-state index in [0.29, 0.717) is 5.56 Å². The van der Waals surface area contributed by atoms with Gasteiger partial charge in [0, 0.05) is 32.9 Å². The number of esters is 2. The lowest BCUT2D eigenvalue weighted by molar-refractivity contribution is -0.318. The Hall–Kier alpha value is -6.56. The molecule has 83 heavy (non-hydrogen) atoms. The van der Waals surface area contributed by atoms with Gasteiger partial charge in [-0.15, -0.1) is 0 Å². The monoisotopic (exact) mass is 1160 g/mol. The third-order valence-electron chi connectivity index (χ3n) is 16.1. The Morgan fingerprint density at radius 3 is 1.75 bits per heavy atom. The number of carbonyl (C=O) groups is 6. The van der Waals surface area contributed by atoms with E-state index in [1.165, 1.54) is 39.8 Å². The summed E-state index contributed by atoms with van der Waals surface area (Å²) >= 11 is 0. The van der Waals surface area contributed by atoms with Gasteiger partial charge in [-0.05, 0) is 84.9 Å². The molecule has 1 N–H and O–H groups in total. The highest BCUT2D eigenvalue weighted by Gasteiger charge is 2.60. The van der Waals surface area contributed by atoms with E-state index in [2.05, 4.69) is 0 Å². The van der Waals surface area contributed by atoms with E-state index < -0.39 is 145 Å². The summed E-state index contributed by atoms with van der Waals surface area (Å²) in [5.74, 6) is -5.25. The standard InChI is InChI=1S/C61H81NO21/c1-13-45-61(10)50(81-58(68)83-61)39(6)53(64)74-36(3)30-59(8,69)49(37(4)47(38(5)52(63)77-45)78-46-31-60(9,70-12)51(40(7)76-46)82-57(67)73-34-43-27-21-16-22-28-43)80-54-48(79-56(66)72-33-42-25-19-15-20-26-42)44(29-35(2)75-54)62(11)55(65)71-32-41-23-17-14-18-24-41/h14-28,35-40,44-51,54,69H,13,29-34H2,1-12H3/t35-,36+,37+,38-,39+,40+,44+,45-,46+,47+,48-,49-,50-,51+,54+,59-,60-,61-/m1/s1. The van der Waals surface area contributed by atoms with Crippen LogP contribution in [-0.2, 0) is 95.7 Å². The average Bonchev–Trinajstić information content (AvgIpc) is 3.66. The first-order chi connectivity index (χ1) is 39.4. The Morgan fingerprint density at radius 2 is 1.19 bits per heavy atom. The van der Waals surface area contributed by atoms with E-state index in [1.807, 2.05) is 42.5 Å². The van der Waals surface area contributed by atoms with Crippen molar-refractivity contribution in [3.8, 4) is 0 Å². The number of methoxy groups -OCH3 is 1. The fourth-order valence-electron chi connectivity index (χ4n) is 11.6. The first-order valence-electron chi connectivity index (χ1n) is 28.2. The van der Waals surface area contributed by atoms with Crippen molar-refractivity contribution in [1.82, 2.24) is 4.90 Å². The number of carbonyl (C=O) groups excluding carboxylic acids is 6. The van der Waals surface area contributed by atoms with Crippen LogP contribution in [0.3, 0.4) is 0 Å². The zero-order valence-corrected chi connectivity index (χ0v) is 49.3. The number of likely N-dealkylation sites (N-methyl/N-ethyl adjacent to an activating group) is 1. The highest BCUT2D eigenvalue weighted by atomic mass is 16.8. The van der Waals surface area contributed by atoms with Crippen LogP contribution in [0, 0.1) is 17.8 Å². The number of hydrogen-bond acceptors (Lipinski definition) is 21. The van der Waals surface area contributed by atoms with Crippen LogP contribution in [0.1, 0.15) is 112 Å². The molecule has 18 atom stereocenters. The molecule has 4 fully saturated rings. The van der Waals surface area contributed by atoms with Gasteiger partial charge in [-0.1, -0.05) is 105 Å². The third kappa shape index (κ3) is 15.8. The maximum absolute atomic E-state index is 15.0. The number of benzene rings is 3. The zero-order chi connectivity index (χ0) is 60.4. The Kier molecular flexibility index (Phi) is 21.5. The lowest BCUT2D eigenvalue weighted by atomic mass is 9.79. The summed E-state index contributed by atoms with van der Waals surface area (Å²) in [7, 11) is 2.93. The van der Waals surface area contributed by atoms with E-state index >= 15 is 4.79 Å². The Morgan fingerprint density at radius 1 is 0.651 bits per heavy atom. The van der Waals surface area contributed by atoms with Gasteiger partial charge in [-0.2, -0.15) is 0 Å². The predicted octanol–water partition coefficient (Wildman–Crippen LogP) is 9.12. The molecule has 1 amide bonds. The molecule has 4 aliphatic rings. The Labute approximate surface area is 484 Å². The molecule has 0 unspecified atom stereocenters. The van der Waals surface area contributed by atoms with Crippen LogP contribution in [0.4, 0.5) is 19.2 Å². The van der Waals surface area contributed by atoms with Crippen LogP contribution in [-0.4, -0.2) is 151 Å². The van der Waals surface area contributed by atoms with E-state index in [9.17, 15) is 29.1 Å². The molecular weight excluding hydrogens is 1080 g/mol. The molecule has 4 heterocycles. The minimum absolute atomic E-state index is 0.0549. The van der Waals surface area contributed by atoms with Gasteiger partial charge in [0.05, 0.1) is 47.9 Å². The highest BCUT2D eigenvalue weighted by molar-refractivity contribution is 5.76. The second-order valence-corrected chi connectivity index (χ2v) is 22.7. The number of hydrogen-bond donors (Lipinski definition) is 1. The number of cyclic esters (lactones) is 2. The summed E-state index contributed by atoms with van der Waals surface area (Å²) in [4.78, 5) is 84.5. The third-order valence-corrected chi connectivity index (χ3v) is 16.1. The largest absolute Gasteiger partial charge is 0.509 e.